The van der Waals surface area contributed by atoms with Crippen LogP contribution in [0.2, 0.25) is 0 Å². The standard InChI is InChI=1S/C16H36N2O/c1-6-16(7-2)18(14-15(3)4)12-9-8-10-17-11-13-19-5/h15-17H,6-14H2,1-5H3. The van der Waals surface area contributed by atoms with Crippen LogP contribution >= 0.6 is 0 Å². The molecule has 1 N–H and O–H groups in total. The molecule has 19 heavy (non-hydrogen) atoms. The summed E-state index contributed by atoms with van der Waals surface area (Å²) in [7, 11) is 1.75. The van der Waals surface area contributed by atoms with E-state index in [4.69, 9.17) is 4.74 Å². The van der Waals surface area contributed by atoms with Gasteiger partial charge in [0, 0.05) is 26.2 Å². The molecule has 0 saturated carbocycles. The monoisotopic (exact) mass is 272 g/mol. The summed E-state index contributed by atoms with van der Waals surface area (Å²) in [4.78, 5) is 2.69. The van der Waals surface area contributed by atoms with Gasteiger partial charge in [-0.05, 0) is 44.7 Å². The maximum absolute atomic E-state index is 5.02. The van der Waals surface area contributed by atoms with Crippen molar-refractivity contribution < 1.29 is 4.74 Å². The third-order valence-corrected chi connectivity index (χ3v) is 3.59. The van der Waals surface area contributed by atoms with Gasteiger partial charge in [0.1, 0.15) is 0 Å². The Balaban J connectivity index is 3.79. The topological polar surface area (TPSA) is 24.5 Å². The van der Waals surface area contributed by atoms with Gasteiger partial charge >= 0.3 is 0 Å². The van der Waals surface area contributed by atoms with E-state index < -0.39 is 0 Å². The van der Waals surface area contributed by atoms with Crippen LogP contribution in [-0.4, -0.2) is 50.8 Å². The zero-order valence-electron chi connectivity index (χ0n) is 13.9. The molecule has 0 radical (unpaired) electrons. The second-order valence-electron chi connectivity index (χ2n) is 5.81. The molecule has 116 valence electrons. The third kappa shape index (κ3) is 10.3. The first-order valence-corrected chi connectivity index (χ1v) is 8.09. The summed E-state index contributed by atoms with van der Waals surface area (Å²) in [6, 6.07) is 0.767. The molecule has 0 amide bonds. The van der Waals surface area contributed by atoms with Gasteiger partial charge in [-0.15, -0.1) is 0 Å². The van der Waals surface area contributed by atoms with Crippen LogP contribution < -0.4 is 5.32 Å². The second-order valence-corrected chi connectivity index (χ2v) is 5.81. The average molecular weight is 272 g/mol. The van der Waals surface area contributed by atoms with Crippen molar-refractivity contribution in [2.45, 2.75) is 59.4 Å². The lowest BCUT2D eigenvalue weighted by atomic mass is 10.1. The molecular weight excluding hydrogens is 236 g/mol. The number of nitrogens with zero attached hydrogens (tertiary/aromatic N) is 1. The molecule has 0 aromatic heterocycles. The van der Waals surface area contributed by atoms with Crippen molar-refractivity contribution in [1.82, 2.24) is 10.2 Å². The van der Waals surface area contributed by atoms with E-state index in [-0.39, 0.29) is 0 Å². The molecule has 0 aromatic carbocycles. The van der Waals surface area contributed by atoms with Crippen LogP contribution in [0, 0.1) is 5.92 Å². The number of rotatable bonds is 13. The summed E-state index contributed by atoms with van der Waals surface area (Å²) in [6.07, 6.45) is 5.10. The molecular formula is C16H36N2O. The van der Waals surface area contributed by atoms with Gasteiger partial charge in [0.15, 0.2) is 0 Å². The largest absolute Gasteiger partial charge is 0.383 e. The van der Waals surface area contributed by atoms with E-state index in [0.717, 1.165) is 31.7 Å². The summed E-state index contributed by atoms with van der Waals surface area (Å²) in [5.41, 5.74) is 0. The molecule has 0 aliphatic carbocycles. The van der Waals surface area contributed by atoms with Crippen LogP contribution in [0.25, 0.3) is 0 Å². The zero-order chi connectivity index (χ0) is 14.5. The van der Waals surface area contributed by atoms with E-state index in [2.05, 4.69) is 37.9 Å². The fraction of sp³-hybridized carbons (Fsp3) is 1.00. The van der Waals surface area contributed by atoms with Gasteiger partial charge in [0.05, 0.1) is 6.61 Å². The highest BCUT2D eigenvalue weighted by Crippen LogP contribution is 2.12. The van der Waals surface area contributed by atoms with Crippen LogP contribution in [0.3, 0.4) is 0 Å². The van der Waals surface area contributed by atoms with Crippen LogP contribution in [-0.2, 0) is 4.74 Å². The molecule has 0 heterocycles. The van der Waals surface area contributed by atoms with E-state index in [1.807, 2.05) is 0 Å². The highest BCUT2D eigenvalue weighted by molar-refractivity contribution is 4.70. The van der Waals surface area contributed by atoms with Gasteiger partial charge in [0.2, 0.25) is 0 Å². The summed E-state index contributed by atoms with van der Waals surface area (Å²) in [5.74, 6) is 0.764. The van der Waals surface area contributed by atoms with E-state index in [1.54, 1.807) is 7.11 Å². The van der Waals surface area contributed by atoms with Crippen molar-refractivity contribution in [2.24, 2.45) is 5.92 Å². The molecule has 0 atom stereocenters. The van der Waals surface area contributed by atoms with E-state index in [0.29, 0.717) is 0 Å². The van der Waals surface area contributed by atoms with E-state index in [9.17, 15) is 0 Å². The molecule has 0 bridgehead atoms. The smallest absolute Gasteiger partial charge is 0.0587 e. The molecule has 0 saturated heterocycles. The first kappa shape index (κ1) is 18.9. The Hall–Kier alpha value is -0.120. The van der Waals surface area contributed by atoms with Gasteiger partial charge < -0.3 is 15.0 Å². The lowest BCUT2D eigenvalue weighted by Crippen LogP contribution is -2.38. The molecule has 0 aliphatic heterocycles. The quantitative estimate of drug-likeness (QED) is 0.521. The van der Waals surface area contributed by atoms with Gasteiger partial charge in [0.25, 0.3) is 0 Å². The van der Waals surface area contributed by atoms with Crippen LogP contribution in [0.4, 0.5) is 0 Å². The van der Waals surface area contributed by atoms with Crippen molar-refractivity contribution in [3.05, 3.63) is 0 Å². The summed E-state index contributed by atoms with van der Waals surface area (Å²) < 4.78 is 5.02. The fourth-order valence-corrected chi connectivity index (χ4v) is 2.56. The van der Waals surface area contributed by atoms with Crippen LogP contribution in [0.1, 0.15) is 53.4 Å². The third-order valence-electron chi connectivity index (χ3n) is 3.59. The highest BCUT2D eigenvalue weighted by atomic mass is 16.5. The number of methoxy groups -OCH3 is 1. The normalized spacial score (nSPS) is 12.0. The Bertz CT molecular complexity index is 182. The maximum atomic E-state index is 5.02. The van der Waals surface area contributed by atoms with Crippen molar-refractivity contribution in [2.75, 3.05) is 39.9 Å². The van der Waals surface area contributed by atoms with E-state index >= 15 is 0 Å². The Kier molecular flexibility index (Phi) is 12.8. The van der Waals surface area contributed by atoms with Gasteiger partial charge in [-0.3, -0.25) is 0 Å². The number of hydrogen-bond acceptors (Lipinski definition) is 3. The number of hydrogen-bond donors (Lipinski definition) is 1. The van der Waals surface area contributed by atoms with Gasteiger partial charge in [-0.1, -0.05) is 27.7 Å². The van der Waals surface area contributed by atoms with E-state index in [1.165, 1.54) is 38.8 Å². The predicted molar refractivity (Wildman–Crippen MR) is 84.8 cm³/mol. The SMILES string of the molecule is CCC(CC)N(CCCCNCCOC)CC(C)C. The number of ether oxygens (including phenoxy) is 1. The molecule has 0 aliphatic rings. The minimum absolute atomic E-state index is 0.764. The van der Waals surface area contributed by atoms with Crippen LogP contribution in [0.5, 0.6) is 0 Å². The molecule has 0 spiro atoms. The summed E-state index contributed by atoms with van der Waals surface area (Å²) in [6.45, 7) is 14.7. The second kappa shape index (κ2) is 12.9. The number of nitrogens with one attached hydrogen (secondary N) is 1. The molecule has 3 heteroatoms. The summed E-state index contributed by atoms with van der Waals surface area (Å²) in [5, 5.41) is 3.41. The molecule has 0 fully saturated rings. The molecule has 0 unspecified atom stereocenters. The lowest BCUT2D eigenvalue weighted by Gasteiger charge is -2.32. The molecule has 3 nitrogen and oxygen atoms in total. The first-order chi connectivity index (χ1) is 9.15. The minimum atomic E-state index is 0.764. The molecule has 0 aromatic rings. The molecule has 0 rings (SSSR count). The van der Waals surface area contributed by atoms with Crippen molar-refractivity contribution >= 4 is 0 Å². The zero-order valence-corrected chi connectivity index (χ0v) is 13.9. The Morgan fingerprint density at radius 1 is 1.05 bits per heavy atom. The Morgan fingerprint density at radius 3 is 2.26 bits per heavy atom. The summed E-state index contributed by atoms with van der Waals surface area (Å²) >= 11 is 0. The Labute approximate surface area is 121 Å². The first-order valence-electron chi connectivity index (χ1n) is 8.09. The highest BCUT2D eigenvalue weighted by Gasteiger charge is 2.15. The number of unbranched alkanes of at least 4 members (excludes halogenated alkanes) is 1. The maximum Gasteiger partial charge on any atom is 0.0587 e. The lowest BCUT2D eigenvalue weighted by molar-refractivity contribution is 0.162. The predicted octanol–water partition coefficient (Wildman–Crippen LogP) is 3.15. The van der Waals surface area contributed by atoms with Gasteiger partial charge in [-0.2, -0.15) is 0 Å². The Morgan fingerprint density at radius 2 is 1.74 bits per heavy atom. The van der Waals surface area contributed by atoms with Gasteiger partial charge in [-0.25, -0.2) is 0 Å². The average Bonchev–Trinajstić information content (AvgIpc) is 2.38. The van der Waals surface area contributed by atoms with Crippen molar-refractivity contribution in [3.8, 4) is 0 Å². The fourth-order valence-electron chi connectivity index (χ4n) is 2.56. The van der Waals surface area contributed by atoms with Crippen molar-refractivity contribution in [3.63, 3.8) is 0 Å². The van der Waals surface area contributed by atoms with Crippen LogP contribution in [0.15, 0.2) is 0 Å². The minimum Gasteiger partial charge on any atom is -0.383 e. The van der Waals surface area contributed by atoms with Crippen molar-refractivity contribution in [1.29, 1.82) is 0 Å².